The van der Waals surface area contributed by atoms with Crippen molar-refractivity contribution < 1.29 is 4.79 Å². The van der Waals surface area contributed by atoms with E-state index in [2.05, 4.69) is 15.3 Å². The number of benzene rings is 1. The average molecular weight is 308 g/mol. The molecule has 0 fully saturated rings. The number of para-hydroxylation sites is 1. The van der Waals surface area contributed by atoms with E-state index in [0.717, 1.165) is 5.69 Å². The van der Waals surface area contributed by atoms with Gasteiger partial charge in [-0.3, -0.25) is 9.59 Å². The van der Waals surface area contributed by atoms with Crippen LogP contribution in [0.5, 0.6) is 0 Å². The summed E-state index contributed by atoms with van der Waals surface area (Å²) in [4.78, 5) is 33.0. The fourth-order valence-corrected chi connectivity index (χ4v) is 2.30. The largest absolute Gasteiger partial charge is 0.376 e. The first-order valence-corrected chi connectivity index (χ1v) is 7.11. The molecule has 0 atom stereocenters. The predicted octanol–water partition coefficient (Wildman–Crippen LogP) is 2.24. The van der Waals surface area contributed by atoms with Gasteiger partial charge < -0.3 is 15.2 Å². The van der Waals surface area contributed by atoms with Crippen LogP contribution in [-0.4, -0.2) is 30.0 Å². The number of anilines is 2. The highest BCUT2D eigenvalue weighted by Crippen LogP contribution is 2.17. The number of nitrogens with one attached hydrogen (secondary N) is 2. The van der Waals surface area contributed by atoms with Crippen LogP contribution in [0.1, 0.15) is 10.4 Å². The molecule has 2 N–H and O–H groups in total. The van der Waals surface area contributed by atoms with Crippen molar-refractivity contribution in [3.63, 3.8) is 0 Å². The van der Waals surface area contributed by atoms with E-state index in [1.165, 1.54) is 6.07 Å². The second kappa shape index (κ2) is 5.92. The smallest absolute Gasteiger partial charge is 0.257 e. The summed E-state index contributed by atoms with van der Waals surface area (Å²) < 4.78 is 0. The molecule has 0 radical (unpaired) electrons. The number of carbonyl (C=O) groups excluding carboxylic acids is 1. The number of H-pyrrole nitrogens is 1. The summed E-state index contributed by atoms with van der Waals surface area (Å²) in [5, 5.41) is 3.41. The molecule has 1 amide bonds. The van der Waals surface area contributed by atoms with Crippen LogP contribution in [0.25, 0.3) is 10.9 Å². The van der Waals surface area contributed by atoms with Gasteiger partial charge >= 0.3 is 0 Å². The molecule has 1 aromatic carbocycles. The van der Waals surface area contributed by atoms with E-state index in [9.17, 15) is 9.59 Å². The molecule has 0 aliphatic heterocycles. The first kappa shape index (κ1) is 14.8. The number of pyridine rings is 2. The molecule has 0 unspecified atom stereocenters. The van der Waals surface area contributed by atoms with Gasteiger partial charge in [0.2, 0.25) is 5.56 Å². The van der Waals surface area contributed by atoms with Crippen molar-refractivity contribution in [3.8, 4) is 0 Å². The van der Waals surface area contributed by atoms with Crippen LogP contribution in [0.3, 0.4) is 0 Å². The van der Waals surface area contributed by atoms with Crippen LogP contribution < -0.4 is 15.8 Å². The van der Waals surface area contributed by atoms with Crippen molar-refractivity contribution in [1.82, 2.24) is 9.97 Å². The number of aromatic amines is 1. The Morgan fingerprint density at radius 2 is 1.96 bits per heavy atom. The monoisotopic (exact) mass is 308 g/mol. The lowest BCUT2D eigenvalue weighted by Crippen LogP contribution is -2.17. The second-order valence-corrected chi connectivity index (χ2v) is 5.34. The first-order chi connectivity index (χ1) is 11.0. The van der Waals surface area contributed by atoms with Gasteiger partial charge in [-0.15, -0.1) is 0 Å². The Morgan fingerprint density at radius 3 is 2.65 bits per heavy atom. The van der Waals surface area contributed by atoms with E-state index < -0.39 is 0 Å². The van der Waals surface area contributed by atoms with Gasteiger partial charge in [0.25, 0.3) is 5.91 Å². The number of fused-ring (bicyclic) bond motifs is 1. The van der Waals surface area contributed by atoms with E-state index in [0.29, 0.717) is 22.3 Å². The molecule has 6 heteroatoms. The highest BCUT2D eigenvalue weighted by atomic mass is 16.2. The zero-order valence-electron chi connectivity index (χ0n) is 12.8. The number of carbonyl (C=O) groups is 1. The van der Waals surface area contributed by atoms with Gasteiger partial charge in [-0.25, -0.2) is 4.98 Å². The molecule has 2 heterocycles. The quantitative estimate of drug-likeness (QED) is 0.778. The minimum Gasteiger partial charge on any atom is -0.376 e. The summed E-state index contributed by atoms with van der Waals surface area (Å²) in [7, 11) is 3.83. The predicted molar refractivity (Wildman–Crippen MR) is 91.1 cm³/mol. The van der Waals surface area contributed by atoms with Crippen molar-refractivity contribution in [2.24, 2.45) is 0 Å². The maximum Gasteiger partial charge on any atom is 0.257 e. The Labute approximate surface area is 132 Å². The van der Waals surface area contributed by atoms with E-state index >= 15 is 0 Å². The summed E-state index contributed by atoms with van der Waals surface area (Å²) in [6.45, 7) is 0. The van der Waals surface area contributed by atoms with Crippen molar-refractivity contribution in [3.05, 3.63) is 64.6 Å². The van der Waals surface area contributed by atoms with Crippen molar-refractivity contribution in [2.45, 2.75) is 0 Å². The fraction of sp³-hybridized carbons (Fsp3) is 0.118. The van der Waals surface area contributed by atoms with Gasteiger partial charge in [0, 0.05) is 31.1 Å². The minimum absolute atomic E-state index is 0.315. The normalized spacial score (nSPS) is 10.5. The SMILES string of the molecule is CN(C)c1ccc(NC(=O)c2cc(=O)[nH]c3ccccc23)nc1. The topological polar surface area (TPSA) is 78.1 Å². The lowest BCUT2D eigenvalue weighted by Gasteiger charge is -2.12. The van der Waals surface area contributed by atoms with Gasteiger partial charge in [-0.1, -0.05) is 18.2 Å². The lowest BCUT2D eigenvalue weighted by atomic mass is 10.1. The van der Waals surface area contributed by atoms with Gasteiger partial charge in [0.15, 0.2) is 0 Å². The van der Waals surface area contributed by atoms with Crippen LogP contribution in [0.2, 0.25) is 0 Å². The van der Waals surface area contributed by atoms with Gasteiger partial charge in [0.1, 0.15) is 5.82 Å². The molecule has 0 saturated carbocycles. The molecule has 3 aromatic rings. The van der Waals surface area contributed by atoms with Crippen molar-refractivity contribution >= 4 is 28.3 Å². The Hall–Kier alpha value is -3.15. The number of rotatable bonds is 3. The molecule has 23 heavy (non-hydrogen) atoms. The van der Waals surface area contributed by atoms with Crippen molar-refractivity contribution in [2.75, 3.05) is 24.3 Å². The average Bonchev–Trinajstić information content (AvgIpc) is 2.54. The molecule has 0 aliphatic carbocycles. The minimum atomic E-state index is -0.364. The Morgan fingerprint density at radius 1 is 1.17 bits per heavy atom. The zero-order valence-corrected chi connectivity index (χ0v) is 12.8. The van der Waals surface area contributed by atoms with Crippen molar-refractivity contribution in [1.29, 1.82) is 0 Å². The Kier molecular flexibility index (Phi) is 3.80. The van der Waals surface area contributed by atoms with Crippen LogP contribution >= 0.6 is 0 Å². The molecule has 0 bridgehead atoms. The molecular weight excluding hydrogens is 292 g/mol. The Balaban J connectivity index is 1.93. The lowest BCUT2D eigenvalue weighted by molar-refractivity contribution is 0.102. The molecule has 0 saturated heterocycles. The van der Waals surface area contributed by atoms with E-state index in [-0.39, 0.29) is 11.5 Å². The standard InChI is InChI=1S/C17H16N4O2/c1-21(2)11-7-8-15(18-10-11)20-17(23)13-9-16(22)19-14-6-4-3-5-12(13)14/h3-10H,1-2H3,(H,19,22)(H,18,20,23). The molecule has 6 nitrogen and oxygen atoms in total. The number of hydrogen-bond acceptors (Lipinski definition) is 4. The molecule has 2 aromatic heterocycles. The highest BCUT2D eigenvalue weighted by molar-refractivity contribution is 6.11. The summed E-state index contributed by atoms with van der Waals surface area (Å²) in [5.74, 6) is 0.0716. The fourth-order valence-electron chi connectivity index (χ4n) is 2.30. The number of aromatic nitrogens is 2. The van der Waals surface area contributed by atoms with Crippen LogP contribution in [-0.2, 0) is 0 Å². The summed E-state index contributed by atoms with van der Waals surface area (Å²) in [6, 6.07) is 12.1. The molecule has 116 valence electrons. The third-order valence-corrected chi connectivity index (χ3v) is 3.50. The van der Waals surface area contributed by atoms with Gasteiger partial charge in [-0.05, 0) is 18.2 Å². The number of hydrogen-bond donors (Lipinski definition) is 2. The van der Waals surface area contributed by atoms with Crippen LogP contribution in [0.15, 0.2) is 53.5 Å². The summed E-state index contributed by atoms with van der Waals surface area (Å²) >= 11 is 0. The van der Waals surface area contributed by atoms with Gasteiger partial charge in [-0.2, -0.15) is 0 Å². The van der Waals surface area contributed by atoms with E-state index in [4.69, 9.17) is 0 Å². The first-order valence-electron chi connectivity index (χ1n) is 7.11. The number of amides is 1. The maximum absolute atomic E-state index is 12.5. The Bertz CT molecular complexity index is 914. The summed E-state index contributed by atoms with van der Waals surface area (Å²) in [6.07, 6.45) is 1.67. The molecule has 0 spiro atoms. The van der Waals surface area contributed by atoms with Crippen LogP contribution in [0, 0.1) is 0 Å². The second-order valence-electron chi connectivity index (χ2n) is 5.34. The highest BCUT2D eigenvalue weighted by Gasteiger charge is 2.12. The molecule has 3 rings (SSSR count). The van der Waals surface area contributed by atoms with E-state index in [1.807, 2.05) is 37.2 Å². The third-order valence-electron chi connectivity index (χ3n) is 3.50. The molecular formula is C17H16N4O2. The zero-order chi connectivity index (χ0) is 16.4. The summed E-state index contributed by atoms with van der Waals surface area (Å²) in [5.41, 5.74) is 1.57. The maximum atomic E-state index is 12.5. The molecule has 0 aliphatic rings. The number of nitrogens with zero attached hydrogens (tertiary/aromatic N) is 2. The van der Waals surface area contributed by atoms with Crippen LogP contribution in [0.4, 0.5) is 11.5 Å². The van der Waals surface area contributed by atoms with E-state index in [1.54, 1.807) is 24.4 Å². The van der Waals surface area contributed by atoms with Gasteiger partial charge in [0.05, 0.1) is 17.4 Å². The third kappa shape index (κ3) is 3.06.